The molecule has 1 aromatic heterocycles. The van der Waals surface area contributed by atoms with Crippen molar-refractivity contribution in [1.82, 2.24) is 9.88 Å². The predicted octanol–water partition coefficient (Wildman–Crippen LogP) is 3.00. The van der Waals surface area contributed by atoms with E-state index in [1.807, 2.05) is 4.90 Å². The third-order valence-corrected chi connectivity index (χ3v) is 4.91. The van der Waals surface area contributed by atoms with Crippen LogP contribution in [0.15, 0.2) is 34.9 Å². The molecule has 1 amide bonds. The molecule has 1 aliphatic rings. The van der Waals surface area contributed by atoms with Gasteiger partial charge in [-0.1, -0.05) is 6.92 Å². The van der Waals surface area contributed by atoms with Crippen LogP contribution in [0.2, 0.25) is 0 Å². The summed E-state index contributed by atoms with van der Waals surface area (Å²) >= 11 is 0. The minimum atomic E-state index is -0.292. The Balaban J connectivity index is 1.60. The molecular formula is C19H24FN3O2. The Hall–Kier alpha value is -2.21. The molecule has 0 aliphatic carbocycles. The molecule has 0 bridgehead atoms. The van der Waals surface area contributed by atoms with Crippen molar-refractivity contribution in [3.63, 3.8) is 0 Å². The summed E-state index contributed by atoms with van der Waals surface area (Å²) in [5.41, 5.74) is 6.62. The molecule has 1 fully saturated rings. The summed E-state index contributed by atoms with van der Waals surface area (Å²) in [5, 5.41) is 0. The standard InChI is InChI=1S/C19H24FN3O2/c1-13-3-2-10-23(16(13)11-21)19(24)9-8-18-22-12-17(25-18)14-4-6-15(20)7-5-14/h4-7,12-13,16H,2-3,8-11,21H2,1H3/t13-,16-/m0/s1. The Morgan fingerprint density at radius 3 is 2.88 bits per heavy atom. The molecule has 0 unspecified atom stereocenters. The first-order valence-corrected chi connectivity index (χ1v) is 8.78. The van der Waals surface area contributed by atoms with Crippen molar-refractivity contribution in [2.45, 2.75) is 38.6 Å². The normalized spacial score (nSPS) is 20.7. The van der Waals surface area contributed by atoms with E-state index in [2.05, 4.69) is 11.9 Å². The molecular weight excluding hydrogens is 321 g/mol. The second kappa shape index (κ2) is 7.78. The van der Waals surface area contributed by atoms with Crippen molar-refractivity contribution in [3.05, 3.63) is 42.2 Å². The van der Waals surface area contributed by atoms with Gasteiger partial charge >= 0.3 is 0 Å². The largest absolute Gasteiger partial charge is 0.441 e. The van der Waals surface area contributed by atoms with E-state index in [-0.39, 0.29) is 17.8 Å². The first-order valence-electron chi connectivity index (χ1n) is 8.78. The molecule has 1 aromatic carbocycles. The van der Waals surface area contributed by atoms with Gasteiger partial charge in [-0.05, 0) is 43.0 Å². The van der Waals surface area contributed by atoms with Gasteiger partial charge in [-0.3, -0.25) is 4.79 Å². The van der Waals surface area contributed by atoms with Crippen molar-refractivity contribution in [3.8, 4) is 11.3 Å². The van der Waals surface area contributed by atoms with Crippen LogP contribution in [0.5, 0.6) is 0 Å². The van der Waals surface area contributed by atoms with Crippen molar-refractivity contribution < 1.29 is 13.6 Å². The van der Waals surface area contributed by atoms with Gasteiger partial charge in [0.15, 0.2) is 11.7 Å². The Labute approximate surface area is 147 Å². The summed E-state index contributed by atoms with van der Waals surface area (Å²) in [6.07, 6.45) is 4.55. The smallest absolute Gasteiger partial charge is 0.223 e. The highest BCUT2D eigenvalue weighted by molar-refractivity contribution is 5.77. The van der Waals surface area contributed by atoms with Crippen LogP contribution in [0, 0.1) is 11.7 Å². The zero-order chi connectivity index (χ0) is 17.8. The summed E-state index contributed by atoms with van der Waals surface area (Å²) in [6, 6.07) is 6.18. The van der Waals surface area contributed by atoms with Gasteiger partial charge in [-0.25, -0.2) is 9.37 Å². The number of carbonyl (C=O) groups is 1. The summed E-state index contributed by atoms with van der Waals surface area (Å²) in [5.74, 6) is 1.34. The molecule has 1 aliphatic heterocycles. The topological polar surface area (TPSA) is 72.4 Å². The van der Waals surface area contributed by atoms with E-state index < -0.39 is 0 Å². The van der Waals surface area contributed by atoms with Gasteiger partial charge in [0.1, 0.15) is 5.82 Å². The van der Waals surface area contributed by atoms with Gasteiger partial charge in [0.05, 0.1) is 6.20 Å². The number of benzene rings is 1. The third-order valence-electron chi connectivity index (χ3n) is 4.91. The third kappa shape index (κ3) is 4.07. The zero-order valence-electron chi connectivity index (χ0n) is 14.5. The molecule has 6 heteroatoms. The predicted molar refractivity (Wildman–Crippen MR) is 93.2 cm³/mol. The number of likely N-dealkylation sites (tertiary alicyclic amines) is 1. The lowest BCUT2D eigenvalue weighted by Crippen LogP contribution is -2.51. The Morgan fingerprint density at radius 1 is 1.40 bits per heavy atom. The van der Waals surface area contributed by atoms with Crippen LogP contribution < -0.4 is 5.73 Å². The molecule has 2 atom stereocenters. The Morgan fingerprint density at radius 2 is 2.16 bits per heavy atom. The molecule has 1 saturated heterocycles. The van der Waals surface area contributed by atoms with Gasteiger partial charge in [0.2, 0.25) is 5.91 Å². The SMILES string of the molecule is C[C@H]1CCCN(C(=O)CCc2ncc(-c3ccc(F)cc3)o2)[C@H]1CN. The molecule has 3 rings (SSSR count). The number of nitrogens with zero attached hydrogens (tertiary/aromatic N) is 2. The highest BCUT2D eigenvalue weighted by Gasteiger charge is 2.30. The Bertz CT molecular complexity index is 714. The number of hydrogen-bond acceptors (Lipinski definition) is 4. The molecule has 2 N–H and O–H groups in total. The van der Waals surface area contributed by atoms with Crippen molar-refractivity contribution >= 4 is 5.91 Å². The molecule has 25 heavy (non-hydrogen) atoms. The van der Waals surface area contributed by atoms with E-state index in [0.717, 1.165) is 24.9 Å². The second-order valence-electron chi connectivity index (χ2n) is 6.63. The Kier molecular flexibility index (Phi) is 5.48. The van der Waals surface area contributed by atoms with E-state index in [4.69, 9.17) is 10.2 Å². The minimum absolute atomic E-state index is 0.100. The first kappa shape index (κ1) is 17.6. The molecule has 0 spiro atoms. The van der Waals surface area contributed by atoms with E-state index in [1.165, 1.54) is 12.1 Å². The number of hydrogen-bond donors (Lipinski definition) is 1. The van der Waals surface area contributed by atoms with E-state index in [1.54, 1.807) is 18.3 Å². The lowest BCUT2D eigenvalue weighted by Gasteiger charge is -2.39. The number of piperidine rings is 1. The quantitative estimate of drug-likeness (QED) is 0.904. The number of amides is 1. The molecule has 2 aromatic rings. The highest BCUT2D eigenvalue weighted by atomic mass is 19.1. The number of rotatable bonds is 5. The first-order chi connectivity index (χ1) is 12.1. The van der Waals surface area contributed by atoms with E-state index in [9.17, 15) is 9.18 Å². The number of aromatic nitrogens is 1. The number of aryl methyl sites for hydroxylation is 1. The monoisotopic (exact) mass is 345 g/mol. The highest BCUT2D eigenvalue weighted by Crippen LogP contribution is 2.24. The number of nitrogens with two attached hydrogens (primary N) is 1. The van der Waals surface area contributed by atoms with Crippen molar-refractivity contribution in [2.24, 2.45) is 11.7 Å². The maximum Gasteiger partial charge on any atom is 0.223 e. The average molecular weight is 345 g/mol. The average Bonchev–Trinajstić information content (AvgIpc) is 3.09. The van der Waals surface area contributed by atoms with Gasteiger partial charge in [-0.2, -0.15) is 0 Å². The number of oxazole rings is 1. The lowest BCUT2D eigenvalue weighted by atomic mass is 9.90. The van der Waals surface area contributed by atoms with Crippen LogP contribution in [0.4, 0.5) is 4.39 Å². The lowest BCUT2D eigenvalue weighted by molar-refractivity contribution is -0.136. The minimum Gasteiger partial charge on any atom is -0.441 e. The van der Waals surface area contributed by atoms with Crippen molar-refractivity contribution in [2.75, 3.05) is 13.1 Å². The maximum absolute atomic E-state index is 13.0. The fourth-order valence-corrected chi connectivity index (χ4v) is 3.45. The van der Waals surface area contributed by atoms with Crippen LogP contribution in [0.1, 0.15) is 32.1 Å². The summed E-state index contributed by atoms with van der Waals surface area (Å²) < 4.78 is 18.7. The van der Waals surface area contributed by atoms with Gasteiger partial charge < -0.3 is 15.1 Å². The van der Waals surface area contributed by atoms with Gasteiger partial charge in [0.25, 0.3) is 0 Å². The number of carbonyl (C=O) groups excluding carboxylic acids is 1. The maximum atomic E-state index is 13.0. The second-order valence-corrected chi connectivity index (χ2v) is 6.63. The number of halogens is 1. The van der Waals surface area contributed by atoms with Crippen LogP contribution in [0.25, 0.3) is 11.3 Å². The molecule has 134 valence electrons. The van der Waals surface area contributed by atoms with E-state index >= 15 is 0 Å². The molecule has 2 heterocycles. The van der Waals surface area contributed by atoms with Crippen LogP contribution in [0.3, 0.4) is 0 Å². The molecule has 5 nitrogen and oxygen atoms in total. The molecule has 0 saturated carbocycles. The van der Waals surface area contributed by atoms with Crippen molar-refractivity contribution in [1.29, 1.82) is 0 Å². The van der Waals surface area contributed by atoms with Gasteiger partial charge in [0, 0.05) is 37.5 Å². The summed E-state index contributed by atoms with van der Waals surface area (Å²) in [6.45, 7) is 3.43. The summed E-state index contributed by atoms with van der Waals surface area (Å²) in [4.78, 5) is 18.7. The molecule has 0 radical (unpaired) electrons. The van der Waals surface area contributed by atoms with E-state index in [0.29, 0.717) is 37.0 Å². The van der Waals surface area contributed by atoms with Gasteiger partial charge in [-0.15, -0.1) is 0 Å². The summed E-state index contributed by atoms with van der Waals surface area (Å²) in [7, 11) is 0. The van der Waals surface area contributed by atoms with Crippen LogP contribution in [-0.4, -0.2) is 34.9 Å². The van der Waals surface area contributed by atoms with Crippen LogP contribution in [-0.2, 0) is 11.2 Å². The fraction of sp³-hybridized carbons (Fsp3) is 0.474. The van der Waals surface area contributed by atoms with Crippen LogP contribution >= 0.6 is 0 Å². The fourth-order valence-electron chi connectivity index (χ4n) is 3.45. The zero-order valence-corrected chi connectivity index (χ0v) is 14.5.